The molecule has 4 nitrogen and oxygen atoms in total. The van der Waals surface area contributed by atoms with Crippen LogP contribution in [0.3, 0.4) is 0 Å². The molecule has 0 saturated carbocycles. The first-order valence-corrected chi connectivity index (χ1v) is 4.62. The van der Waals surface area contributed by atoms with E-state index in [0.29, 0.717) is 0 Å². The molecule has 2 aromatic heterocycles. The van der Waals surface area contributed by atoms with E-state index in [9.17, 15) is 4.79 Å². The molecule has 0 spiro atoms. The van der Waals surface area contributed by atoms with E-state index in [1.54, 1.807) is 31.7 Å². The second-order valence-electron chi connectivity index (χ2n) is 3.09. The van der Waals surface area contributed by atoms with Gasteiger partial charge in [-0.1, -0.05) is 0 Å². The number of hydrogen-bond donors (Lipinski definition) is 1. The highest BCUT2D eigenvalue weighted by Crippen LogP contribution is 2.15. The quantitative estimate of drug-likeness (QED) is 0.791. The third-order valence-corrected chi connectivity index (χ3v) is 2.17. The molecule has 2 aromatic rings. The van der Waals surface area contributed by atoms with Crippen LogP contribution in [0.1, 0.15) is 0 Å². The van der Waals surface area contributed by atoms with Gasteiger partial charge in [0.25, 0.3) is 5.56 Å². The highest BCUT2D eigenvalue weighted by molar-refractivity contribution is 5.61. The van der Waals surface area contributed by atoms with Crippen molar-refractivity contribution in [2.45, 2.75) is 0 Å². The fraction of sp³-hybridized carbons (Fsp3) is 0.0909. The zero-order chi connectivity index (χ0) is 10.7. The third-order valence-electron chi connectivity index (χ3n) is 2.17. The highest BCUT2D eigenvalue weighted by Gasteiger charge is 1.99. The molecule has 0 unspecified atom stereocenters. The Morgan fingerprint density at radius 3 is 2.53 bits per heavy atom. The topological polar surface area (TPSA) is 46.9 Å². The molecular weight excluding hydrogens is 190 g/mol. The van der Waals surface area contributed by atoms with Gasteiger partial charge in [-0.15, -0.1) is 0 Å². The lowest BCUT2D eigenvalue weighted by molar-refractivity contribution is 0.874. The molecule has 0 aromatic carbocycles. The predicted molar refractivity (Wildman–Crippen MR) is 59.2 cm³/mol. The Kier molecular flexibility index (Phi) is 2.49. The van der Waals surface area contributed by atoms with Gasteiger partial charge in [0, 0.05) is 37.3 Å². The van der Waals surface area contributed by atoms with E-state index in [2.05, 4.69) is 10.4 Å². The van der Waals surface area contributed by atoms with Gasteiger partial charge < -0.3 is 5.43 Å². The molecule has 0 amide bonds. The van der Waals surface area contributed by atoms with Gasteiger partial charge in [0.1, 0.15) is 0 Å². The summed E-state index contributed by atoms with van der Waals surface area (Å²) in [6, 6.07) is 7.14. The van der Waals surface area contributed by atoms with Crippen LogP contribution in [-0.4, -0.2) is 16.7 Å². The summed E-state index contributed by atoms with van der Waals surface area (Å²) in [6.45, 7) is 0. The summed E-state index contributed by atoms with van der Waals surface area (Å²) in [5.41, 5.74) is 4.73. The van der Waals surface area contributed by atoms with E-state index in [1.807, 2.05) is 12.1 Å². The highest BCUT2D eigenvalue weighted by atomic mass is 16.1. The monoisotopic (exact) mass is 201 g/mol. The van der Waals surface area contributed by atoms with Crippen molar-refractivity contribution in [1.82, 2.24) is 9.66 Å². The van der Waals surface area contributed by atoms with Crippen molar-refractivity contribution in [3.8, 4) is 11.1 Å². The Bertz CT molecular complexity index is 505. The molecule has 15 heavy (non-hydrogen) atoms. The van der Waals surface area contributed by atoms with E-state index < -0.39 is 0 Å². The van der Waals surface area contributed by atoms with Crippen LogP contribution in [0.25, 0.3) is 11.1 Å². The van der Waals surface area contributed by atoms with Gasteiger partial charge in [0.2, 0.25) is 0 Å². The molecule has 0 saturated heterocycles. The molecule has 0 bridgehead atoms. The molecule has 0 fully saturated rings. The van der Waals surface area contributed by atoms with Crippen LogP contribution >= 0.6 is 0 Å². The molecule has 0 atom stereocenters. The van der Waals surface area contributed by atoms with Crippen LogP contribution < -0.4 is 11.0 Å². The Morgan fingerprint density at radius 2 is 1.87 bits per heavy atom. The summed E-state index contributed by atoms with van der Waals surface area (Å²) in [6.07, 6.45) is 5.21. The van der Waals surface area contributed by atoms with Crippen molar-refractivity contribution in [1.29, 1.82) is 0 Å². The molecule has 0 radical (unpaired) electrons. The fourth-order valence-electron chi connectivity index (χ4n) is 1.38. The van der Waals surface area contributed by atoms with E-state index in [0.717, 1.165) is 11.1 Å². The lowest BCUT2D eigenvalue weighted by Gasteiger charge is -2.06. The molecule has 0 aliphatic carbocycles. The van der Waals surface area contributed by atoms with Crippen molar-refractivity contribution in [3.63, 3.8) is 0 Å². The minimum Gasteiger partial charge on any atom is -0.326 e. The molecule has 1 N–H and O–H groups in total. The Hall–Kier alpha value is -2.10. The normalized spacial score (nSPS) is 9.93. The Morgan fingerprint density at radius 1 is 1.13 bits per heavy atom. The van der Waals surface area contributed by atoms with Crippen molar-refractivity contribution in [2.75, 3.05) is 12.5 Å². The third kappa shape index (κ3) is 1.88. The zero-order valence-electron chi connectivity index (χ0n) is 8.34. The van der Waals surface area contributed by atoms with E-state index in [-0.39, 0.29) is 5.56 Å². The molecular formula is C11H11N3O. The summed E-state index contributed by atoms with van der Waals surface area (Å²) in [5.74, 6) is 0. The van der Waals surface area contributed by atoms with Crippen LogP contribution in [0.2, 0.25) is 0 Å². The van der Waals surface area contributed by atoms with Crippen molar-refractivity contribution in [3.05, 3.63) is 53.2 Å². The van der Waals surface area contributed by atoms with Crippen LogP contribution in [0, 0.1) is 0 Å². The van der Waals surface area contributed by atoms with E-state index in [1.165, 1.54) is 10.7 Å². The maximum Gasteiger partial charge on any atom is 0.268 e. The first-order chi connectivity index (χ1) is 7.31. The first kappa shape index (κ1) is 9.45. The Balaban J connectivity index is 2.51. The SMILES string of the molecule is CNn1cc(-c2ccncc2)ccc1=O. The van der Waals surface area contributed by atoms with Crippen LogP contribution in [-0.2, 0) is 0 Å². The number of hydrogen-bond acceptors (Lipinski definition) is 3. The van der Waals surface area contributed by atoms with Gasteiger partial charge in [-0.2, -0.15) is 0 Å². The zero-order valence-corrected chi connectivity index (χ0v) is 8.34. The number of rotatable bonds is 2. The molecule has 4 heteroatoms. The van der Waals surface area contributed by atoms with Crippen molar-refractivity contribution in [2.24, 2.45) is 0 Å². The van der Waals surface area contributed by atoms with Crippen LogP contribution in [0.5, 0.6) is 0 Å². The molecule has 2 rings (SSSR count). The summed E-state index contributed by atoms with van der Waals surface area (Å²) < 4.78 is 1.44. The standard InChI is InChI=1S/C11H11N3O/c1-12-14-8-10(2-3-11(14)15)9-4-6-13-7-5-9/h2-8,12H,1H3. The van der Waals surface area contributed by atoms with Gasteiger partial charge in [-0.25, -0.2) is 4.68 Å². The van der Waals surface area contributed by atoms with Crippen molar-refractivity contribution < 1.29 is 0 Å². The smallest absolute Gasteiger partial charge is 0.268 e. The largest absolute Gasteiger partial charge is 0.326 e. The molecule has 0 aliphatic rings. The van der Waals surface area contributed by atoms with Gasteiger partial charge >= 0.3 is 0 Å². The molecule has 76 valence electrons. The van der Waals surface area contributed by atoms with E-state index in [4.69, 9.17) is 0 Å². The van der Waals surface area contributed by atoms with Gasteiger partial charge in [0.05, 0.1) is 0 Å². The average molecular weight is 201 g/mol. The lowest BCUT2D eigenvalue weighted by Crippen LogP contribution is -2.24. The minimum absolute atomic E-state index is 0.0738. The molecule has 2 heterocycles. The predicted octanol–water partition coefficient (Wildman–Crippen LogP) is 1.08. The van der Waals surface area contributed by atoms with Gasteiger partial charge in [-0.3, -0.25) is 9.78 Å². The average Bonchev–Trinajstić information content (AvgIpc) is 2.31. The Labute approximate surface area is 87.2 Å². The van der Waals surface area contributed by atoms with Gasteiger partial charge in [0.15, 0.2) is 0 Å². The van der Waals surface area contributed by atoms with E-state index >= 15 is 0 Å². The second kappa shape index (κ2) is 3.96. The first-order valence-electron chi connectivity index (χ1n) is 4.62. The minimum atomic E-state index is -0.0738. The summed E-state index contributed by atoms with van der Waals surface area (Å²) >= 11 is 0. The summed E-state index contributed by atoms with van der Waals surface area (Å²) in [4.78, 5) is 15.3. The molecule has 0 aliphatic heterocycles. The van der Waals surface area contributed by atoms with Crippen LogP contribution in [0.15, 0.2) is 47.7 Å². The van der Waals surface area contributed by atoms with Crippen molar-refractivity contribution >= 4 is 0 Å². The second-order valence-corrected chi connectivity index (χ2v) is 3.09. The maximum atomic E-state index is 11.3. The summed E-state index contributed by atoms with van der Waals surface area (Å²) in [7, 11) is 1.71. The number of aromatic nitrogens is 2. The number of nitrogens with one attached hydrogen (secondary N) is 1. The van der Waals surface area contributed by atoms with Gasteiger partial charge in [-0.05, 0) is 23.8 Å². The fourth-order valence-corrected chi connectivity index (χ4v) is 1.38. The number of pyridine rings is 2. The van der Waals surface area contributed by atoms with Crippen LogP contribution in [0.4, 0.5) is 0 Å². The summed E-state index contributed by atoms with van der Waals surface area (Å²) in [5, 5.41) is 0. The lowest BCUT2D eigenvalue weighted by atomic mass is 10.1. The number of nitrogens with zero attached hydrogens (tertiary/aromatic N) is 2. The maximum absolute atomic E-state index is 11.3.